The van der Waals surface area contributed by atoms with E-state index in [4.69, 9.17) is 0 Å². The molecule has 122 valence electrons. The minimum absolute atomic E-state index is 0.144. The molecular formula is C18H22N2O3. The van der Waals surface area contributed by atoms with Crippen molar-refractivity contribution in [3.05, 3.63) is 35.4 Å². The zero-order chi connectivity index (χ0) is 16.4. The van der Waals surface area contributed by atoms with Gasteiger partial charge in [0.2, 0.25) is 5.91 Å². The molecule has 0 N–H and O–H groups in total. The van der Waals surface area contributed by atoms with Crippen molar-refractivity contribution in [2.45, 2.75) is 45.1 Å². The summed E-state index contributed by atoms with van der Waals surface area (Å²) < 4.78 is 0. The zero-order valence-corrected chi connectivity index (χ0v) is 13.5. The number of likely N-dealkylation sites (tertiary alicyclic amines) is 1. The molecule has 0 aliphatic carbocycles. The van der Waals surface area contributed by atoms with E-state index in [-0.39, 0.29) is 17.7 Å². The minimum atomic E-state index is -0.245. The summed E-state index contributed by atoms with van der Waals surface area (Å²) in [6, 6.07) is 7.24. The van der Waals surface area contributed by atoms with Crippen molar-refractivity contribution in [3.63, 3.8) is 0 Å². The van der Waals surface area contributed by atoms with Crippen molar-refractivity contribution in [1.82, 2.24) is 9.80 Å². The molecule has 2 aliphatic rings. The molecule has 0 radical (unpaired) electrons. The van der Waals surface area contributed by atoms with E-state index < -0.39 is 0 Å². The van der Waals surface area contributed by atoms with Crippen LogP contribution in [0.4, 0.5) is 0 Å². The van der Waals surface area contributed by atoms with E-state index in [0.717, 1.165) is 25.8 Å². The van der Waals surface area contributed by atoms with Crippen LogP contribution in [-0.4, -0.2) is 46.7 Å². The van der Waals surface area contributed by atoms with E-state index in [0.29, 0.717) is 36.6 Å². The average Bonchev–Trinajstić information content (AvgIpc) is 3.14. The molecule has 0 saturated carbocycles. The maximum absolute atomic E-state index is 12.3. The molecule has 1 unspecified atom stereocenters. The van der Waals surface area contributed by atoms with E-state index in [9.17, 15) is 14.4 Å². The van der Waals surface area contributed by atoms with Crippen molar-refractivity contribution in [3.8, 4) is 0 Å². The normalized spacial score (nSPS) is 20.3. The van der Waals surface area contributed by atoms with Crippen LogP contribution in [0.1, 0.15) is 59.7 Å². The summed E-state index contributed by atoms with van der Waals surface area (Å²) in [5, 5.41) is 0. The van der Waals surface area contributed by atoms with Crippen LogP contribution in [0.25, 0.3) is 0 Å². The van der Waals surface area contributed by atoms with Crippen LogP contribution in [-0.2, 0) is 4.79 Å². The Morgan fingerprint density at radius 1 is 1.17 bits per heavy atom. The van der Waals surface area contributed by atoms with Crippen LogP contribution in [0.3, 0.4) is 0 Å². The van der Waals surface area contributed by atoms with Crippen LogP contribution < -0.4 is 0 Å². The number of nitrogens with zero attached hydrogens (tertiary/aromatic N) is 2. The Bertz CT molecular complexity index is 606. The fourth-order valence-corrected chi connectivity index (χ4v) is 3.56. The summed E-state index contributed by atoms with van der Waals surface area (Å²) in [7, 11) is 0. The second-order valence-electron chi connectivity index (χ2n) is 6.20. The molecule has 5 nitrogen and oxygen atoms in total. The third kappa shape index (κ3) is 2.87. The van der Waals surface area contributed by atoms with E-state index in [1.54, 1.807) is 24.3 Å². The number of rotatable bonds is 5. The maximum Gasteiger partial charge on any atom is 0.261 e. The number of fused-ring (bicyclic) bond motifs is 1. The molecular weight excluding hydrogens is 292 g/mol. The molecule has 1 aromatic carbocycles. The Balaban J connectivity index is 1.55. The Morgan fingerprint density at radius 2 is 1.83 bits per heavy atom. The summed E-state index contributed by atoms with van der Waals surface area (Å²) in [6.45, 7) is 3.25. The molecule has 23 heavy (non-hydrogen) atoms. The number of hydrogen-bond donors (Lipinski definition) is 0. The standard InChI is InChI=1S/C18H22N2O3/c1-2-13-7-5-11-19(13)16(21)10-6-12-20-17(22)14-8-3-4-9-15(14)18(20)23/h3-4,8-9,13H,2,5-7,10-12H2,1H3. The van der Waals surface area contributed by atoms with Crippen LogP contribution in [0.2, 0.25) is 0 Å². The van der Waals surface area contributed by atoms with Gasteiger partial charge in [0.25, 0.3) is 11.8 Å². The van der Waals surface area contributed by atoms with Gasteiger partial charge in [0.15, 0.2) is 0 Å². The number of carbonyl (C=O) groups is 3. The Morgan fingerprint density at radius 3 is 2.43 bits per heavy atom. The predicted molar refractivity (Wildman–Crippen MR) is 86.1 cm³/mol. The van der Waals surface area contributed by atoms with Gasteiger partial charge in [-0.1, -0.05) is 19.1 Å². The number of amides is 3. The molecule has 0 bridgehead atoms. The van der Waals surface area contributed by atoms with Crippen molar-refractivity contribution in [1.29, 1.82) is 0 Å². The highest BCUT2D eigenvalue weighted by Gasteiger charge is 2.35. The summed E-state index contributed by atoms with van der Waals surface area (Å²) in [5.41, 5.74) is 0.934. The topological polar surface area (TPSA) is 57.7 Å². The fraction of sp³-hybridized carbons (Fsp3) is 0.500. The molecule has 1 aromatic rings. The van der Waals surface area contributed by atoms with Crippen LogP contribution in [0.5, 0.6) is 0 Å². The first kappa shape index (κ1) is 15.7. The largest absolute Gasteiger partial charge is 0.340 e. The second-order valence-corrected chi connectivity index (χ2v) is 6.20. The zero-order valence-electron chi connectivity index (χ0n) is 13.5. The van der Waals surface area contributed by atoms with E-state index >= 15 is 0 Å². The van der Waals surface area contributed by atoms with Gasteiger partial charge in [0, 0.05) is 25.6 Å². The third-order valence-electron chi connectivity index (χ3n) is 4.82. The second kappa shape index (κ2) is 6.52. The molecule has 3 rings (SSSR count). The van der Waals surface area contributed by atoms with Crippen LogP contribution in [0.15, 0.2) is 24.3 Å². The fourth-order valence-electron chi connectivity index (χ4n) is 3.56. The SMILES string of the molecule is CCC1CCCN1C(=O)CCCN1C(=O)c2ccccc2C1=O. The molecule has 1 saturated heterocycles. The summed E-state index contributed by atoms with van der Waals surface area (Å²) in [6.07, 6.45) is 4.06. The van der Waals surface area contributed by atoms with E-state index in [1.165, 1.54) is 4.90 Å². The molecule has 2 aliphatic heterocycles. The van der Waals surface area contributed by atoms with Crippen molar-refractivity contribution in [2.75, 3.05) is 13.1 Å². The highest BCUT2D eigenvalue weighted by molar-refractivity contribution is 6.21. The van der Waals surface area contributed by atoms with Crippen LogP contribution in [0, 0.1) is 0 Å². The number of imide groups is 1. The summed E-state index contributed by atoms with van der Waals surface area (Å²) >= 11 is 0. The first-order chi connectivity index (χ1) is 11.1. The summed E-state index contributed by atoms with van der Waals surface area (Å²) in [4.78, 5) is 40.0. The van der Waals surface area contributed by atoms with E-state index in [1.807, 2.05) is 4.90 Å². The summed E-state index contributed by atoms with van der Waals surface area (Å²) in [5.74, 6) is -0.345. The Kier molecular flexibility index (Phi) is 4.46. The minimum Gasteiger partial charge on any atom is -0.340 e. The lowest BCUT2D eigenvalue weighted by molar-refractivity contribution is -0.132. The highest BCUT2D eigenvalue weighted by atomic mass is 16.2. The van der Waals surface area contributed by atoms with Gasteiger partial charge in [0.05, 0.1) is 11.1 Å². The van der Waals surface area contributed by atoms with Gasteiger partial charge in [-0.05, 0) is 37.8 Å². The van der Waals surface area contributed by atoms with Crippen molar-refractivity contribution < 1.29 is 14.4 Å². The van der Waals surface area contributed by atoms with Gasteiger partial charge >= 0.3 is 0 Å². The molecule has 2 heterocycles. The molecule has 0 aromatic heterocycles. The Labute approximate surface area is 136 Å². The number of hydrogen-bond acceptors (Lipinski definition) is 3. The average molecular weight is 314 g/mol. The van der Waals surface area contributed by atoms with Gasteiger partial charge in [-0.15, -0.1) is 0 Å². The van der Waals surface area contributed by atoms with Crippen LogP contribution >= 0.6 is 0 Å². The first-order valence-corrected chi connectivity index (χ1v) is 8.38. The number of benzene rings is 1. The molecule has 0 spiro atoms. The predicted octanol–water partition coefficient (Wildman–Crippen LogP) is 2.46. The maximum atomic E-state index is 12.3. The van der Waals surface area contributed by atoms with Crippen molar-refractivity contribution >= 4 is 17.7 Å². The number of carbonyl (C=O) groups excluding carboxylic acids is 3. The highest BCUT2D eigenvalue weighted by Crippen LogP contribution is 2.24. The molecule has 5 heteroatoms. The van der Waals surface area contributed by atoms with Gasteiger partial charge < -0.3 is 4.90 Å². The van der Waals surface area contributed by atoms with Gasteiger partial charge in [-0.3, -0.25) is 19.3 Å². The third-order valence-corrected chi connectivity index (χ3v) is 4.82. The van der Waals surface area contributed by atoms with Gasteiger partial charge in [-0.2, -0.15) is 0 Å². The molecule has 1 fully saturated rings. The monoisotopic (exact) mass is 314 g/mol. The van der Waals surface area contributed by atoms with Crippen molar-refractivity contribution in [2.24, 2.45) is 0 Å². The Hall–Kier alpha value is -2.17. The van der Waals surface area contributed by atoms with E-state index in [2.05, 4.69) is 6.92 Å². The lowest BCUT2D eigenvalue weighted by Gasteiger charge is -2.24. The van der Waals surface area contributed by atoms with Gasteiger partial charge in [-0.25, -0.2) is 0 Å². The smallest absolute Gasteiger partial charge is 0.261 e. The lowest BCUT2D eigenvalue weighted by Crippen LogP contribution is -2.36. The van der Waals surface area contributed by atoms with Gasteiger partial charge in [0.1, 0.15) is 0 Å². The molecule has 3 amide bonds. The molecule has 1 atom stereocenters. The quantitative estimate of drug-likeness (QED) is 0.785. The lowest BCUT2D eigenvalue weighted by atomic mass is 10.1. The first-order valence-electron chi connectivity index (χ1n) is 8.38.